The maximum Gasteiger partial charge on any atom is 0.269 e. The van der Waals surface area contributed by atoms with Gasteiger partial charge < -0.3 is 20.4 Å². The van der Waals surface area contributed by atoms with Gasteiger partial charge in [-0.15, -0.1) is 0 Å². The molecule has 140 valence electrons. The number of rotatable bonds is 5. The van der Waals surface area contributed by atoms with Gasteiger partial charge in [0.25, 0.3) is 5.56 Å². The van der Waals surface area contributed by atoms with E-state index in [1.807, 2.05) is 0 Å². The molecule has 8 nitrogen and oxygen atoms in total. The second kappa shape index (κ2) is 7.84. The SMILES string of the molecule is Cc1c[nH]c(Cn2ncc(N3CCOC(CCN)C3)cc2=O)c(C)c1=O. The van der Waals surface area contributed by atoms with Crippen molar-refractivity contribution >= 4 is 5.69 Å². The first-order valence-corrected chi connectivity index (χ1v) is 8.81. The summed E-state index contributed by atoms with van der Waals surface area (Å²) in [5.74, 6) is 0. The number of nitrogens with one attached hydrogen (secondary N) is 1. The summed E-state index contributed by atoms with van der Waals surface area (Å²) in [5, 5.41) is 4.29. The van der Waals surface area contributed by atoms with Gasteiger partial charge in [-0.25, -0.2) is 4.68 Å². The average molecular weight is 359 g/mol. The molecule has 0 spiro atoms. The molecule has 1 fully saturated rings. The van der Waals surface area contributed by atoms with Crippen molar-refractivity contribution in [1.82, 2.24) is 14.8 Å². The lowest BCUT2D eigenvalue weighted by Gasteiger charge is -2.34. The van der Waals surface area contributed by atoms with E-state index in [4.69, 9.17) is 10.5 Å². The van der Waals surface area contributed by atoms with Crippen molar-refractivity contribution in [3.8, 4) is 0 Å². The third-order valence-corrected chi connectivity index (χ3v) is 4.77. The first-order chi connectivity index (χ1) is 12.5. The Kier molecular flexibility index (Phi) is 5.53. The number of nitrogens with two attached hydrogens (primary N) is 1. The highest BCUT2D eigenvalue weighted by atomic mass is 16.5. The van der Waals surface area contributed by atoms with E-state index in [9.17, 15) is 9.59 Å². The van der Waals surface area contributed by atoms with Gasteiger partial charge >= 0.3 is 0 Å². The van der Waals surface area contributed by atoms with Crippen molar-refractivity contribution < 1.29 is 4.74 Å². The van der Waals surface area contributed by atoms with Gasteiger partial charge in [-0.2, -0.15) is 5.10 Å². The molecule has 8 heteroatoms. The minimum Gasteiger partial charge on any atom is -0.374 e. The summed E-state index contributed by atoms with van der Waals surface area (Å²) >= 11 is 0. The van der Waals surface area contributed by atoms with Crippen LogP contribution in [0.15, 0.2) is 28.0 Å². The zero-order chi connectivity index (χ0) is 18.7. The van der Waals surface area contributed by atoms with E-state index < -0.39 is 0 Å². The van der Waals surface area contributed by atoms with Crippen molar-refractivity contribution in [1.29, 1.82) is 0 Å². The van der Waals surface area contributed by atoms with E-state index in [0.29, 0.717) is 36.5 Å². The standard InChI is InChI=1S/C18H25N5O3/c1-12-8-20-16(13(2)18(12)25)11-23-17(24)7-14(9-21-23)22-5-6-26-15(10-22)3-4-19/h7-9,15H,3-6,10-11,19H2,1-2H3,(H,20,25). The fourth-order valence-electron chi connectivity index (χ4n) is 3.15. The zero-order valence-electron chi connectivity index (χ0n) is 15.2. The molecular formula is C18H25N5O3. The number of pyridine rings is 1. The highest BCUT2D eigenvalue weighted by Crippen LogP contribution is 2.16. The summed E-state index contributed by atoms with van der Waals surface area (Å²) < 4.78 is 7.03. The molecule has 0 aromatic carbocycles. The second-order valence-electron chi connectivity index (χ2n) is 6.63. The Hall–Kier alpha value is -2.45. The van der Waals surface area contributed by atoms with Gasteiger partial charge in [0.1, 0.15) is 0 Å². The molecule has 1 saturated heterocycles. The van der Waals surface area contributed by atoms with Crippen LogP contribution in [0.3, 0.4) is 0 Å². The minimum absolute atomic E-state index is 0.0114. The lowest BCUT2D eigenvalue weighted by Crippen LogP contribution is -2.44. The Morgan fingerprint density at radius 3 is 2.92 bits per heavy atom. The smallest absolute Gasteiger partial charge is 0.269 e. The number of anilines is 1. The van der Waals surface area contributed by atoms with E-state index >= 15 is 0 Å². The molecule has 26 heavy (non-hydrogen) atoms. The fraction of sp³-hybridized carbons (Fsp3) is 0.500. The molecule has 3 rings (SSSR count). The summed E-state index contributed by atoms with van der Waals surface area (Å²) in [4.78, 5) is 29.7. The van der Waals surface area contributed by atoms with Crippen molar-refractivity contribution in [2.24, 2.45) is 5.73 Å². The fourth-order valence-corrected chi connectivity index (χ4v) is 3.15. The predicted molar refractivity (Wildman–Crippen MR) is 99.8 cm³/mol. The second-order valence-corrected chi connectivity index (χ2v) is 6.63. The Labute approximate surface area is 151 Å². The van der Waals surface area contributed by atoms with E-state index in [2.05, 4.69) is 15.0 Å². The average Bonchev–Trinajstić information content (AvgIpc) is 2.64. The highest BCUT2D eigenvalue weighted by Gasteiger charge is 2.21. The molecule has 3 N–H and O–H groups in total. The van der Waals surface area contributed by atoms with E-state index in [1.54, 1.807) is 32.3 Å². The van der Waals surface area contributed by atoms with Crippen molar-refractivity contribution in [2.75, 3.05) is 31.1 Å². The number of ether oxygens (including phenoxy) is 1. The third-order valence-electron chi connectivity index (χ3n) is 4.77. The summed E-state index contributed by atoms with van der Waals surface area (Å²) in [6, 6.07) is 1.58. The Morgan fingerprint density at radius 1 is 1.38 bits per heavy atom. The molecule has 1 atom stereocenters. The van der Waals surface area contributed by atoms with Gasteiger partial charge in [0, 0.05) is 42.2 Å². The molecule has 0 aliphatic carbocycles. The first kappa shape index (κ1) is 18.3. The third kappa shape index (κ3) is 3.86. The van der Waals surface area contributed by atoms with Crippen LogP contribution in [0, 0.1) is 13.8 Å². The molecule has 0 bridgehead atoms. The van der Waals surface area contributed by atoms with Crippen molar-refractivity contribution in [2.45, 2.75) is 32.9 Å². The van der Waals surface area contributed by atoms with Crippen molar-refractivity contribution in [3.05, 3.63) is 55.9 Å². The molecule has 2 aromatic rings. The van der Waals surface area contributed by atoms with Gasteiger partial charge in [-0.05, 0) is 26.8 Å². The number of morpholine rings is 1. The molecule has 1 aliphatic heterocycles. The van der Waals surface area contributed by atoms with Crippen LogP contribution in [-0.2, 0) is 11.3 Å². The molecule has 0 saturated carbocycles. The molecule has 0 amide bonds. The Balaban J connectivity index is 1.79. The lowest BCUT2D eigenvalue weighted by atomic mass is 10.1. The van der Waals surface area contributed by atoms with Gasteiger partial charge in [-0.1, -0.05) is 0 Å². The lowest BCUT2D eigenvalue weighted by molar-refractivity contribution is 0.0368. The number of hydrogen-bond donors (Lipinski definition) is 2. The molecule has 1 unspecified atom stereocenters. The van der Waals surface area contributed by atoms with Crippen LogP contribution in [-0.4, -0.2) is 47.1 Å². The number of H-pyrrole nitrogens is 1. The topological polar surface area (TPSA) is 106 Å². The number of hydrogen-bond acceptors (Lipinski definition) is 6. The summed E-state index contributed by atoms with van der Waals surface area (Å²) in [6.07, 6.45) is 4.22. The van der Waals surface area contributed by atoms with Crippen LogP contribution in [0.25, 0.3) is 0 Å². The number of aryl methyl sites for hydroxylation is 1. The normalized spacial score (nSPS) is 17.5. The number of aromatic nitrogens is 3. The first-order valence-electron chi connectivity index (χ1n) is 8.81. The zero-order valence-corrected chi connectivity index (χ0v) is 15.2. The minimum atomic E-state index is -0.204. The predicted octanol–water partition coefficient (Wildman–Crippen LogP) is 0.151. The maximum atomic E-state index is 12.5. The maximum absolute atomic E-state index is 12.5. The van der Waals surface area contributed by atoms with Gasteiger partial charge in [0.15, 0.2) is 5.43 Å². The molecular weight excluding hydrogens is 334 g/mol. The van der Waals surface area contributed by atoms with Crippen LogP contribution in [0.5, 0.6) is 0 Å². The Bertz CT molecular complexity index is 887. The highest BCUT2D eigenvalue weighted by molar-refractivity contribution is 5.43. The number of aromatic amines is 1. The van der Waals surface area contributed by atoms with Crippen LogP contribution >= 0.6 is 0 Å². The monoisotopic (exact) mass is 359 g/mol. The van der Waals surface area contributed by atoms with E-state index in [1.165, 1.54) is 4.68 Å². The molecule has 2 aromatic heterocycles. The molecule has 0 radical (unpaired) electrons. The number of nitrogens with zero attached hydrogens (tertiary/aromatic N) is 3. The summed E-state index contributed by atoms with van der Waals surface area (Å²) in [5.41, 5.74) is 8.13. The van der Waals surface area contributed by atoms with Gasteiger partial charge in [-0.3, -0.25) is 9.59 Å². The van der Waals surface area contributed by atoms with Crippen LogP contribution < -0.4 is 21.6 Å². The molecule has 3 heterocycles. The summed E-state index contributed by atoms with van der Waals surface area (Å²) in [7, 11) is 0. The largest absolute Gasteiger partial charge is 0.374 e. The summed E-state index contributed by atoms with van der Waals surface area (Å²) in [6.45, 7) is 6.35. The van der Waals surface area contributed by atoms with Gasteiger partial charge in [0.05, 0.1) is 31.1 Å². The van der Waals surface area contributed by atoms with E-state index in [0.717, 1.165) is 18.7 Å². The van der Waals surface area contributed by atoms with Crippen molar-refractivity contribution in [3.63, 3.8) is 0 Å². The molecule has 1 aliphatic rings. The van der Waals surface area contributed by atoms with Crippen LogP contribution in [0.1, 0.15) is 23.2 Å². The van der Waals surface area contributed by atoms with Crippen LogP contribution in [0.2, 0.25) is 0 Å². The quantitative estimate of drug-likeness (QED) is 0.787. The van der Waals surface area contributed by atoms with Gasteiger partial charge in [0.2, 0.25) is 0 Å². The van der Waals surface area contributed by atoms with Crippen LogP contribution in [0.4, 0.5) is 5.69 Å². The Morgan fingerprint density at radius 2 is 2.19 bits per heavy atom. The van der Waals surface area contributed by atoms with E-state index in [-0.39, 0.29) is 23.6 Å².